The Morgan fingerprint density at radius 1 is 1.67 bits per heavy atom. The molecule has 2 N–H and O–H groups in total. The van der Waals surface area contributed by atoms with E-state index in [1.165, 1.54) is 0 Å². The number of hydrogen-bond donors (Lipinski definition) is 2. The summed E-state index contributed by atoms with van der Waals surface area (Å²) in [5.41, 5.74) is 0. The van der Waals surface area contributed by atoms with Crippen molar-refractivity contribution in [3.8, 4) is 0 Å². The van der Waals surface area contributed by atoms with Gasteiger partial charge in [-0.15, -0.1) is 0 Å². The highest BCUT2D eigenvalue weighted by Crippen LogP contribution is 2.49. The van der Waals surface area contributed by atoms with Gasteiger partial charge in [-0.25, -0.2) is 4.57 Å². The molecule has 0 radical (unpaired) electrons. The van der Waals surface area contributed by atoms with Crippen LogP contribution in [-0.2, 0) is 4.57 Å². The second kappa shape index (κ2) is 4.12. The first-order chi connectivity index (χ1) is 4.06. The van der Waals surface area contributed by atoms with Crippen molar-refractivity contribution in [2.45, 2.75) is 6.92 Å². The van der Waals surface area contributed by atoms with Crippen molar-refractivity contribution in [2.24, 2.45) is 0 Å². The van der Waals surface area contributed by atoms with Gasteiger partial charge in [-0.1, -0.05) is 12.2 Å². The number of allylic oxidation sites excluding steroid dienone is 1. The van der Waals surface area contributed by atoms with Gasteiger partial charge in [0.05, 0.1) is 0 Å². The van der Waals surface area contributed by atoms with Crippen molar-refractivity contribution in [2.75, 3.05) is 5.75 Å². The fourth-order valence-electron chi connectivity index (χ4n) is 0.236. The van der Waals surface area contributed by atoms with Crippen molar-refractivity contribution >= 4 is 18.2 Å². The lowest BCUT2D eigenvalue weighted by molar-refractivity contribution is 0.397. The summed E-state index contributed by atoms with van der Waals surface area (Å²) in [4.78, 5) is 16.6. The summed E-state index contributed by atoms with van der Waals surface area (Å²) in [6, 6.07) is 0. The predicted molar refractivity (Wildman–Crippen MR) is 39.3 cm³/mol. The topological polar surface area (TPSA) is 57.5 Å². The molecule has 0 rings (SSSR count). The molecule has 0 saturated carbocycles. The molecule has 0 fully saturated rings. The SMILES string of the molecule is CC=CCSP(=O)(O)O. The van der Waals surface area contributed by atoms with Gasteiger partial charge in [-0.05, 0) is 18.3 Å². The summed E-state index contributed by atoms with van der Waals surface area (Å²) in [7, 11) is 0. The van der Waals surface area contributed by atoms with Gasteiger partial charge in [0.15, 0.2) is 0 Å². The minimum absolute atomic E-state index is 0.376. The summed E-state index contributed by atoms with van der Waals surface area (Å²) < 4.78 is 10.1. The molecule has 5 heteroatoms. The van der Waals surface area contributed by atoms with Crippen LogP contribution in [0.25, 0.3) is 0 Å². The summed E-state index contributed by atoms with van der Waals surface area (Å²) in [6.45, 7) is -2.02. The Labute approximate surface area is 58.1 Å². The van der Waals surface area contributed by atoms with Gasteiger partial charge in [0.1, 0.15) is 0 Å². The molecule has 0 saturated heterocycles. The van der Waals surface area contributed by atoms with Crippen molar-refractivity contribution in [3.05, 3.63) is 12.2 Å². The van der Waals surface area contributed by atoms with E-state index >= 15 is 0 Å². The fraction of sp³-hybridized carbons (Fsp3) is 0.500. The third-order valence-electron chi connectivity index (χ3n) is 0.575. The quantitative estimate of drug-likeness (QED) is 0.493. The highest BCUT2D eigenvalue weighted by Gasteiger charge is 2.10. The number of rotatable bonds is 3. The van der Waals surface area contributed by atoms with Crippen molar-refractivity contribution < 1.29 is 14.4 Å². The maximum Gasteiger partial charge on any atom is 0.384 e. The third kappa shape index (κ3) is 8.24. The van der Waals surface area contributed by atoms with E-state index in [2.05, 4.69) is 0 Å². The van der Waals surface area contributed by atoms with E-state index in [1.54, 1.807) is 19.1 Å². The van der Waals surface area contributed by atoms with E-state index in [9.17, 15) is 4.57 Å². The Bertz CT molecular complexity index is 139. The van der Waals surface area contributed by atoms with E-state index in [0.717, 1.165) is 0 Å². The molecule has 0 aliphatic rings. The average molecular weight is 168 g/mol. The van der Waals surface area contributed by atoms with Crippen LogP contribution in [0.2, 0.25) is 0 Å². The molecule has 0 amide bonds. The van der Waals surface area contributed by atoms with Crippen LogP contribution in [0.1, 0.15) is 6.92 Å². The molecular formula is C4H9O3PS. The van der Waals surface area contributed by atoms with Gasteiger partial charge in [-0.3, -0.25) is 0 Å². The van der Waals surface area contributed by atoms with Crippen molar-refractivity contribution in [3.63, 3.8) is 0 Å². The maximum atomic E-state index is 10.1. The van der Waals surface area contributed by atoms with Gasteiger partial charge in [0, 0.05) is 5.75 Å². The zero-order valence-corrected chi connectivity index (χ0v) is 6.73. The lowest BCUT2D eigenvalue weighted by atomic mass is 10.6. The van der Waals surface area contributed by atoms with Crippen LogP contribution in [-0.4, -0.2) is 15.5 Å². The summed E-state index contributed by atoms with van der Waals surface area (Å²) in [5.74, 6) is 0.376. The molecule has 0 aliphatic carbocycles. The van der Waals surface area contributed by atoms with Crippen molar-refractivity contribution in [1.29, 1.82) is 0 Å². The van der Waals surface area contributed by atoms with E-state index in [0.29, 0.717) is 17.1 Å². The van der Waals surface area contributed by atoms with Crippen molar-refractivity contribution in [1.82, 2.24) is 0 Å². The minimum Gasteiger partial charge on any atom is -0.317 e. The first-order valence-electron chi connectivity index (χ1n) is 2.37. The first kappa shape index (κ1) is 9.24. The second-order valence-corrected chi connectivity index (χ2v) is 5.13. The van der Waals surface area contributed by atoms with Gasteiger partial charge in [0.25, 0.3) is 0 Å². The van der Waals surface area contributed by atoms with Crippen LogP contribution >= 0.6 is 18.2 Å². The Morgan fingerprint density at radius 2 is 2.22 bits per heavy atom. The molecule has 9 heavy (non-hydrogen) atoms. The Kier molecular flexibility index (Phi) is 4.23. The third-order valence-corrected chi connectivity index (χ3v) is 2.71. The minimum atomic E-state index is -3.83. The zero-order chi connectivity index (χ0) is 7.33. The normalized spacial score (nSPS) is 12.8. The Balaban J connectivity index is 3.40. The highest BCUT2D eigenvalue weighted by atomic mass is 32.7. The monoisotopic (exact) mass is 168 g/mol. The summed E-state index contributed by atoms with van der Waals surface area (Å²) in [5, 5.41) is 0. The van der Waals surface area contributed by atoms with E-state index < -0.39 is 6.80 Å². The van der Waals surface area contributed by atoms with Crippen LogP contribution in [0.3, 0.4) is 0 Å². The van der Waals surface area contributed by atoms with Gasteiger partial charge in [0.2, 0.25) is 0 Å². The number of hydrogen-bond acceptors (Lipinski definition) is 2. The van der Waals surface area contributed by atoms with E-state index in [-0.39, 0.29) is 0 Å². The molecule has 0 spiro atoms. The smallest absolute Gasteiger partial charge is 0.317 e. The van der Waals surface area contributed by atoms with Gasteiger partial charge in [-0.2, -0.15) is 0 Å². The van der Waals surface area contributed by atoms with Gasteiger partial charge < -0.3 is 9.79 Å². The second-order valence-electron chi connectivity index (χ2n) is 1.36. The summed E-state index contributed by atoms with van der Waals surface area (Å²) >= 11 is 0.638. The molecule has 0 atom stereocenters. The molecule has 0 aromatic rings. The lowest BCUT2D eigenvalue weighted by Crippen LogP contribution is -1.71. The average Bonchev–Trinajstić information content (AvgIpc) is 1.63. The molecule has 3 nitrogen and oxygen atoms in total. The molecule has 0 heterocycles. The van der Waals surface area contributed by atoms with Crippen LogP contribution in [0.15, 0.2) is 12.2 Å². The zero-order valence-electron chi connectivity index (χ0n) is 5.02. The van der Waals surface area contributed by atoms with Crippen LogP contribution in [0, 0.1) is 0 Å². The standard InChI is InChI=1S/C4H9O3PS/c1-2-3-4-9-8(5,6)7/h2-3H,4H2,1H3,(H2,5,6,7). The first-order valence-corrected chi connectivity index (χ1v) is 5.58. The van der Waals surface area contributed by atoms with Crippen LogP contribution in [0.5, 0.6) is 0 Å². The molecule has 0 aromatic carbocycles. The van der Waals surface area contributed by atoms with E-state index in [1.807, 2.05) is 0 Å². The molecule has 0 bridgehead atoms. The molecule has 0 unspecified atom stereocenters. The molecule has 0 aliphatic heterocycles. The lowest BCUT2D eigenvalue weighted by Gasteiger charge is -1.97. The molecule has 54 valence electrons. The Hall–Kier alpha value is 0.240. The van der Waals surface area contributed by atoms with E-state index in [4.69, 9.17) is 9.79 Å². The maximum absolute atomic E-state index is 10.1. The van der Waals surface area contributed by atoms with Crippen LogP contribution in [0.4, 0.5) is 0 Å². The van der Waals surface area contributed by atoms with Crippen LogP contribution < -0.4 is 0 Å². The fourth-order valence-corrected chi connectivity index (χ4v) is 1.55. The highest BCUT2D eigenvalue weighted by molar-refractivity contribution is 8.54. The predicted octanol–water partition coefficient (Wildman–Crippen LogP) is 1.39. The largest absolute Gasteiger partial charge is 0.384 e. The molecular weight excluding hydrogens is 159 g/mol. The molecule has 0 aromatic heterocycles. The Morgan fingerprint density at radius 3 is 2.56 bits per heavy atom. The van der Waals surface area contributed by atoms with Gasteiger partial charge >= 0.3 is 6.80 Å². The summed E-state index contributed by atoms with van der Waals surface area (Å²) in [6.07, 6.45) is 3.45.